The van der Waals surface area contributed by atoms with E-state index in [1.54, 1.807) is 0 Å². The van der Waals surface area contributed by atoms with Gasteiger partial charge in [0.05, 0.1) is 0 Å². The van der Waals surface area contributed by atoms with Crippen LogP contribution in [0.25, 0.3) is 0 Å². The van der Waals surface area contributed by atoms with E-state index in [9.17, 15) is 0 Å². The van der Waals surface area contributed by atoms with Crippen molar-refractivity contribution in [3.8, 4) is 0 Å². The molecule has 0 N–H and O–H groups in total. The summed E-state index contributed by atoms with van der Waals surface area (Å²) in [5.74, 6) is 0. The Bertz CT molecular complexity index is 3490. The van der Waals surface area contributed by atoms with Crippen LogP contribution in [-0.4, -0.2) is 55.3 Å². The zero-order valence-electron chi connectivity index (χ0n) is 60.1. The van der Waals surface area contributed by atoms with E-state index < -0.39 is 0 Å². The van der Waals surface area contributed by atoms with Gasteiger partial charge in [0.25, 0.3) is 0 Å². The molecule has 12 aromatic rings. The number of thiocarbonyl (C=S) groups is 6. The first-order valence-corrected chi connectivity index (χ1v) is 39.7. The van der Waals surface area contributed by atoms with Crippen LogP contribution >= 0.6 is 73.3 Å². The van der Waals surface area contributed by atoms with Crippen LogP contribution in [-0.2, 0) is 175 Å². The Kier molecular flexibility index (Phi) is 43.7. The van der Waals surface area contributed by atoms with Gasteiger partial charge in [0.15, 0.2) is 0 Å². The third-order valence-electron chi connectivity index (χ3n) is 16.1. The van der Waals surface area contributed by atoms with Gasteiger partial charge in [-0.1, -0.05) is 390 Å². The summed E-state index contributed by atoms with van der Waals surface area (Å²) in [6.45, 7) is 9.14. The molecule has 0 aliphatic carbocycles. The third-order valence-corrected chi connectivity index (χ3v) is 19.2. The minimum absolute atomic E-state index is 0. The van der Waals surface area contributed by atoms with E-state index in [4.69, 9.17) is 149 Å². The van der Waals surface area contributed by atoms with Crippen molar-refractivity contribution in [2.24, 2.45) is 0 Å². The maximum Gasteiger partial charge on any atom is 0.0417 e. The molecule has 0 fully saturated rings. The third kappa shape index (κ3) is 37.5. The SMILES string of the molecule is S=C([S-])N(Cc1ccccc1)Cc1ccccc1.S=C([S-])N(Cc1ccccc1)Cc1ccccc1.S=C([S-])N(Cc1ccccc1)Cc1ccccc1.S=C([S-])N(Cc1ccccc1)Cc1ccccc1.S=C([S-])N(Cc1ccccc1)Cc1ccccc1.S=C([S-])N(Cc1ccccc1)Cc1ccccc1.[Mo]. The molecule has 109 heavy (non-hydrogen) atoms. The second-order valence-electron chi connectivity index (χ2n) is 24.6. The number of hydrogen-bond donors (Lipinski definition) is 0. The number of nitrogens with zero attached hydrogens (tertiary/aromatic N) is 6. The van der Waals surface area contributed by atoms with Crippen LogP contribution in [0.15, 0.2) is 364 Å². The zero-order chi connectivity index (χ0) is 76.8. The molecule has 0 atom stereocenters. The molecular weight excluding hydrogens is 1650 g/mol. The molecule has 0 bridgehead atoms. The van der Waals surface area contributed by atoms with Crippen LogP contribution < -0.4 is 0 Å². The van der Waals surface area contributed by atoms with Gasteiger partial charge in [-0.3, -0.25) is 0 Å². The van der Waals surface area contributed by atoms with Crippen LogP contribution in [0.1, 0.15) is 66.8 Å². The Morgan fingerprint density at radius 2 is 0.211 bits per heavy atom. The molecule has 19 heteroatoms. The van der Waals surface area contributed by atoms with E-state index in [1.807, 2.05) is 248 Å². The average Bonchev–Trinajstić information content (AvgIpc) is 0.919. The Morgan fingerprint density at radius 1 is 0.147 bits per heavy atom. The maximum atomic E-state index is 5.16. The van der Waals surface area contributed by atoms with Crippen molar-refractivity contribution in [2.75, 3.05) is 0 Å². The summed E-state index contributed by atoms with van der Waals surface area (Å²) < 4.78 is 3.10. The number of rotatable bonds is 24. The van der Waals surface area contributed by atoms with Crippen LogP contribution in [0.3, 0.4) is 0 Å². The minimum atomic E-state index is 0. The van der Waals surface area contributed by atoms with Crippen molar-refractivity contribution >= 4 is 175 Å². The fourth-order valence-corrected chi connectivity index (χ4v) is 12.3. The number of benzene rings is 12. The van der Waals surface area contributed by atoms with Gasteiger partial charge in [0, 0.05) is 99.6 Å². The van der Waals surface area contributed by atoms with E-state index >= 15 is 0 Å². The van der Waals surface area contributed by atoms with Gasteiger partial charge in [-0.15, -0.1) is 0 Å². The van der Waals surface area contributed by atoms with Crippen LogP contribution in [0.2, 0.25) is 0 Å². The first-order valence-electron chi connectivity index (χ1n) is 34.8. The molecule has 0 aliphatic rings. The molecule has 0 saturated carbocycles. The van der Waals surface area contributed by atoms with Crippen molar-refractivity contribution < 1.29 is 21.1 Å². The van der Waals surface area contributed by atoms with Crippen LogP contribution in [0.4, 0.5) is 0 Å². The van der Waals surface area contributed by atoms with E-state index in [1.165, 1.54) is 66.8 Å². The fraction of sp³-hybridized carbons (Fsp3) is 0.133. The maximum absolute atomic E-state index is 5.16. The molecule has 0 aromatic heterocycles. The molecule has 0 amide bonds. The normalized spacial score (nSPS) is 9.91. The molecule has 0 saturated heterocycles. The summed E-state index contributed by atoms with van der Waals surface area (Å²) in [6.07, 6.45) is 0. The van der Waals surface area contributed by atoms with Gasteiger partial charge in [-0.2, -0.15) is 0 Å². The van der Waals surface area contributed by atoms with E-state index in [2.05, 4.69) is 146 Å². The van der Waals surface area contributed by atoms with Gasteiger partial charge in [-0.25, -0.2) is 0 Å². The second-order valence-corrected chi connectivity index (χ2v) is 30.7. The predicted molar refractivity (Wildman–Crippen MR) is 493 cm³/mol. The van der Waals surface area contributed by atoms with Gasteiger partial charge in [0.1, 0.15) is 0 Å². The largest absolute Gasteiger partial charge is 0.411 e. The van der Waals surface area contributed by atoms with Crippen molar-refractivity contribution in [1.82, 2.24) is 29.4 Å². The quantitative estimate of drug-likeness (QED) is 0.0325. The Balaban J connectivity index is 0.000000204. The summed E-state index contributed by atoms with van der Waals surface area (Å²) in [7, 11) is 0. The number of hydrogen-bond acceptors (Lipinski definition) is 12. The summed E-state index contributed by atoms with van der Waals surface area (Å²) in [6, 6.07) is 123. The Labute approximate surface area is 727 Å². The average molecular weight is 1730 g/mol. The second kappa shape index (κ2) is 53.0. The topological polar surface area (TPSA) is 19.4 Å². The summed E-state index contributed by atoms with van der Waals surface area (Å²) in [5, 5.41) is 0. The molecule has 0 heterocycles. The molecule has 558 valence electrons. The molecule has 0 unspecified atom stereocenters. The van der Waals surface area contributed by atoms with Crippen molar-refractivity contribution in [2.45, 2.75) is 78.5 Å². The predicted octanol–water partition coefficient (Wildman–Crippen LogP) is 21.1. The van der Waals surface area contributed by atoms with Gasteiger partial charge in [0.2, 0.25) is 0 Å². The Morgan fingerprint density at radius 3 is 0.266 bits per heavy atom. The van der Waals surface area contributed by atoms with Crippen molar-refractivity contribution in [3.05, 3.63) is 431 Å². The van der Waals surface area contributed by atoms with E-state index in [0.29, 0.717) is 25.9 Å². The fourth-order valence-electron chi connectivity index (χ4n) is 10.8. The summed E-state index contributed by atoms with van der Waals surface area (Å²) in [5.41, 5.74) is 14.7. The summed E-state index contributed by atoms with van der Waals surface area (Å²) in [4.78, 5) is 12.2. The van der Waals surface area contributed by atoms with E-state index in [0.717, 1.165) is 78.5 Å². The van der Waals surface area contributed by atoms with Crippen molar-refractivity contribution in [3.63, 3.8) is 0 Å². The minimum Gasteiger partial charge on any atom is -0.411 e. The monoisotopic (exact) mass is 1730 g/mol. The molecular formula is C90H84MoN6S12-6. The first kappa shape index (κ1) is 89.9. The molecule has 12 rings (SSSR count). The van der Waals surface area contributed by atoms with Gasteiger partial charge >= 0.3 is 0 Å². The molecule has 0 radical (unpaired) electrons. The Hall–Kier alpha value is -8.01. The van der Waals surface area contributed by atoms with Gasteiger partial charge < -0.3 is 178 Å². The first-order chi connectivity index (χ1) is 52.5. The summed E-state index contributed by atoms with van der Waals surface area (Å²) >= 11 is 61.9. The molecule has 0 spiro atoms. The van der Waals surface area contributed by atoms with E-state index in [-0.39, 0.29) is 21.1 Å². The molecule has 12 aromatic carbocycles. The molecule has 0 aliphatic heterocycles. The van der Waals surface area contributed by atoms with Gasteiger partial charge in [-0.05, 0) is 66.8 Å². The smallest absolute Gasteiger partial charge is 0.0417 e. The van der Waals surface area contributed by atoms with Crippen LogP contribution in [0.5, 0.6) is 0 Å². The zero-order valence-corrected chi connectivity index (χ0v) is 71.9. The molecule has 6 nitrogen and oxygen atoms in total. The van der Waals surface area contributed by atoms with Crippen molar-refractivity contribution in [1.29, 1.82) is 0 Å². The van der Waals surface area contributed by atoms with Crippen LogP contribution in [0, 0.1) is 0 Å². The standard InChI is InChI=1S/6C15H15NS2.Mo/c6*17-15(18)16(11-13-7-3-1-4-8-13)12-14-9-5-2-6-10-14;/h6*1-10H,11-12H2,(H,17,18);/p-6.